The van der Waals surface area contributed by atoms with Gasteiger partial charge in [-0.25, -0.2) is 14.8 Å². The molecule has 2 rings (SSSR count). The van der Waals surface area contributed by atoms with Gasteiger partial charge >= 0.3 is 5.97 Å². The zero-order valence-corrected chi connectivity index (χ0v) is 9.62. The van der Waals surface area contributed by atoms with E-state index >= 15 is 0 Å². The van der Waals surface area contributed by atoms with Gasteiger partial charge in [0, 0.05) is 18.0 Å². The van der Waals surface area contributed by atoms with E-state index < -0.39 is 5.97 Å². The minimum atomic E-state index is -1.16. The van der Waals surface area contributed by atoms with Crippen molar-refractivity contribution in [3.8, 4) is 5.75 Å². The second-order valence-electron chi connectivity index (χ2n) is 3.43. The molecule has 0 saturated heterocycles. The van der Waals surface area contributed by atoms with E-state index in [-0.39, 0.29) is 5.82 Å². The van der Waals surface area contributed by atoms with Gasteiger partial charge in [-0.3, -0.25) is 0 Å². The average Bonchev–Trinajstić information content (AvgIpc) is 2.39. The predicted octanol–water partition coefficient (Wildman–Crippen LogP) is 1.93. The van der Waals surface area contributed by atoms with Crippen molar-refractivity contribution in [2.45, 2.75) is 0 Å². The van der Waals surface area contributed by atoms with Crippen LogP contribution in [0.3, 0.4) is 0 Å². The predicted molar refractivity (Wildman–Crippen MR) is 65.3 cm³/mol. The molecule has 0 aliphatic rings. The first-order valence-electron chi connectivity index (χ1n) is 5.16. The first-order chi connectivity index (χ1) is 8.69. The molecule has 0 saturated carbocycles. The third kappa shape index (κ3) is 2.73. The number of carboxylic acids is 1. The Morgan fingerprint density at radius 2 is 2.22 bits per heavy atom. The van der Waals surface area contributed by atoms with Crippen LogP contribution < -0.4 is 10.1 Å². The molecular weight excluding hydrogens is 234 g/mol. The third-order valence-corrected chi connectivity index (χ3v) is 2.19. The number of methoxy groups -OCH3 is 1. The van der Waals surface area contributed by atoms with Crippen LogP contribution >= 0.6 is 0 Å². The average molecular weight is 245 g/mol. The van der Waals surface area contributed by atoms with Crippen LogP contribution in [-0.2, 0) is 0 Å². The fraction of sp³-hybridized carbons (Fsp3) is 0.0833. The lowest BCUT2D eigenvalue weighted by Crippen LogP contribution is -2.05. The van der Waals surface area contributed by atoms with Gasteiger partial charge in [0.1, 0.15) is 11.6 Å². The number of hydrogen-bond acceptors (Lipinski definition) is 5. The molecule has 0 spiro atoms. The topological polar surface area (TPSA) is 84.3 Å². The second kappa shape index (κ2) is 5.13. The van der Waals surface area contributed by atoms with E-state index in [0.717, 1.165) is 5.69 Å². The van der Waals surface area contributed by atoms with Crippen molar-refractivity contribution in [2.75, 3.05) is 12.4 Å². The van der Waals surface area contributed by atoms with Crippen molar-refractivity contribution in [1.82, 2.24) is 9.97 Å². The van der Waals surface area contributed by atoms with Gasteiger partial charge in [0.05, 0.1) is 7.11 Å². The molecule has 0 amide bonds. The zero-order valence-electron chi connectivity index (χ0n) is 9.62. The summed E-state index contributed by atoms with van der Waals surface area (Å²) in [7, 11) is 1.58. The smallest absolute Gasteiger partial charge is 0.374 e. The minimum absolute atomic E-state index is 0.247. The summed E-state index contributed by atoms with van der Waals surface area (Å²) in [4.78, 5) is 18.2. The molecule has 1 heterocycles. The molecule has 0 aliphatic carbocycles. The first kappa shape index (κ1) is 11.8. The lowest BCUT2D eigenvalue weighted by atomic mass is 10.3. The molecule has 2 N–H and O–H groups in total. The summed E-state index contributed by atoms with van der Waals surface area (Å²) >= 11 is 0. The van der Waals surface area contributed by atoms with E-state index in [4.69, 9.17) is 9.84 Å². The molecule has 0 bridgehead atoms. The highest BCUT2D eigenvalue weighted by Crippen LogP contribution is 2.19. The maximum Gasteiger partial charge on any atom is 0.374 e. The first-order valence-corrected chi connectivity index (χ1v) is 5.16. The number of hydrogen-bond donors (Lipinski definition) is 2. The van der Waals surface area contributed by atoms with Crippen LogP contribution in [0, 0.1) is 0 Å². The van der Waals surface area contributed by atoms with Crippen molar-refractivity contribution in [1.29, 1.82) is 0 Å². The number of carboxylic acid groups (broad SMARTS) is 1. The van der Waals surface area contributed by atoms with Crippen molar-refractivity contribution >= 4 is 17.5 Å². The summed E-state index contributed by atoms with van der Waals surface area (Å²) in [6.45, 7) is 0. The molecule has 2 aromatic rings. The monoisotopic (exact) mass is 245 g/mol. The summed E-state index contributed by atoms with van der Waals surface area (Å²) in [6, 6.07) is 8.83. The maximum atomic E-state index is 10.7. The van der Waals surface area contributed by atoms with E-state index in [0.29, 0.717) is 11.6 Å². The number of rotatable bonds is 4. The Morgan fingerprint density at radius 1 is 1.39 bits per heavy atom. The standard InChI is InChI=1S/C12H11N3O3/c1-18-9-4-2-3-8(7-9)14-10-5-6-13-11(15-10)12(16)17/h2-7H,1H3,(H,16,17)(H,13,14,15). The molecule has 92 valence electrons. The summed E-state index contributed by atoms with van der Waals surface area (Å²) in [5.74, 6) is -0.296. The highest BCUT2D eigenvalue weighted by atomic mass is 16.5. The van der Waals surface area contributed by atoms with Gasteiger partial charge in [-0.05, 0) is 18.2 Å². The highest BCUT2D eigenvalue weighted by molar-refractivity contribution is 5.83. The Balaban J connectivity index is 2.22. The van der Waals surface area contributed by atoms with Crippen LogP contribution in [0.1, 0.15) is 10.6 Å². The second-order valence-corrected chi connectivity index (χ2v) is 3.43. The van der Waals surface area contributed by atoms with E-state index in [1.807, 2.05) is 18.2 Å². The van der Waals surface area contributed by atoms with E-state index in [9.17, 15) is 4.79 Å². The molecule has 6 heteroatoms. The van der Waals surface area contributed by atoms with Crippen molar-refractivity contribution in [3.63, 3.8) is 0 Å². The summed E-state index contributed by atoms with van der Waals surface area (Å²) in [5.41, 5.74) is 0.754. The Morgan fingerprint density at radius 3 is 2.94 bits per heavy atom. The van der Waals surface area contributed by atoms with Gasteiger partial charge in [0.25, 0.3) is 0 Å². The zero-order chi connectivity index (χ0) is 13.0. The van der Waals surface area contributed by atoms with Crippen LogP contribution in [0.5, 0.6) is 5.75 Å². The fourth-order valence-corrected chi connectivity index (χ4v) is 1.38. The highest BCUT2D eigenvalue weighted by Gasteiger charge is 2.07. The van der Waals surface area contributed by atoms with Crippen molar-refractivity contribution in [2.24, 2.45) is 0 Å². The van der Waals surface area contributed by atoms with E-state index in [1.165, 1.54) is 6.20 Å². The summed E-state index contributed by atoms with van der Waals surface area (Å²) < 4.78 is 5.09. The van der Waals surface area contributed by atoms with Crippen molar-refractivity contribution in [3.05, 3.63) is 42.4 Å². The molecule has 18 heavy (non-hydrogen) atoms. The minimum Gasteiger partial charge on any atom is -0.497 e. The van der Waals surface area contributed by atoms with E-state index in [1.54, 1.807) is 19.2 Å². The van der Waals surface area contributed by atoms with Crippen molar-refractivity contribution < 1.29 is 14.6 Å². The number of anilines is 2. The summed E-state index contributed by atoms with van der Waals surface area (Å²) in [5, 5.41) is 11.8. The van der Waals surface area contributed by atoms with Gasteiger partial charge in [-0.1, -0.05) is 6.07 Å². The molecule has 0 atom stereocenters. The maximum absolute atomic E-state index is 10.7. The van der Waals surface area contributed by atoms with Crippen LogP contribution in [0.2, 0.25) is 0 Å². The molecule has 0 radical (unpaired) electrons. The third-order valence-electron chi connectivity index (χ3n) is 2.19. The number of carbonyl (C=O) groups is 1. The number of ether oxygens (including phenoxy) is 1. The van der Waals surface area contributed by atoms with Gasteiger partial charge in [-0.15, -0.1) is 0 Å². The lowest BCUT2D eigenvalue weighted by Gasteiger charge is -2.07. The lowest BCUT2D eigenvalue weighted by molar-refractivity contribution is 0.0683. The Kier molecular flexibility index (Phi) is 3.38. The Hall–Kier alpha value is -2.63. The number of aromatic carboxylic acids is 1. The van der Waals surface area contributed by atoms with Gasteiger partial charge in [0.15, 0.2) is 0 Å². The molecule has 1 aromatic heterocycles. The molecule has 0 fully saturated rings. The molecule has 0 unspecified atom stereocenters. The van der Waals surface area contributed by atoms with Crippen LogP contribution in [0.25, 0.3) is 0 Å². The van der Waals surface area contributed by atoms with Crippen LogP contribution in [0.15, 0.2) is 36.5 Å². The molecule has 0 aliphatic heterocycles. The Labute approximate surface area is 103 Å². The summed E-state index contributed by atoms with van der Waals surface area (Å²) in [6.07, 6.45) is 1.39. The van der Waals surface area contributed by atoms with Crippen LogP contribution in [-0.4, -0.2) is 28.2 Å². The molecule has 6 nitrogen and oxygen atoms in total. The van der Waals surface area contributed by atoms with Gasteiger partial charge in [0.2, 0.25) is 5.82 Å². The van der Waals surface area contributed by atoms with E-state index in [2.05, 4.69) is 15.3 Å². The number of nitrogens with zero attached hydrogens (tertiary/aromatic N) is 2. The molecule has 1 aromatic carbocycles. The van der Waals surface area contributed by atoms with Crippen LogP contribution in [0.4, 0.5) is 11.5 Å². The number of aromatic nitrogens is 2. The number of benzene rings is 1. The SMILES string of the molecule is COc1cccc(Nc2ccnc(C(=O)O)n2)c1. The van der Waals surface area contributed by atoms with Gasteiger partial charge in [-0.2, -0.15) is 0 Å². The Bertz CT molecular complexity index is 572. The fourth-order valence-electron chi connectivity index (χ4n) is 1.38. The molecular formula is C12H11N3O3. The quantitative estimate of drug-likeness (QED) is 0.856. The number of nitrogens with one attached hydrogen (secondary N) is 1. The largest absolute Gasteiger partial charge is 0.497 e. The normalized spacial score (nSPS) is 9.83. The van der Waals surface area contributed by atoms with Gasteiger partial charge < -0.3 is 15.2 Å².